The van der Waals surface area contributed by atoms with Gasteiger partial charge in [0.25, 0.3) is 0 Å². The van der Waals surface area contributed by atoms with Crippen molar-refractivity contribution < 1.29 is 4.79 Å². The Labute approximate surface area is 170 Å². The maximum absolute atomic E-state index is 12.3. The Hall–Kier alpha value is -2.97. The summed E-state index contributed by atoms with van der Waals surface area (Å²) >= 11 is 2.98. The Bertz CT molecular complexity index is 1030. The van der Waals surface area contributed by atoms with E-state index in [0.29, 0.717) is 11.7 Å². The van der Waals surface area contributed by atoms with E-state index >= 15 is 0 Å². The molecule has 0 atom stereocenters. The largest absolute Gasteiger partial charge is 0.351 e. The lowest BCUT2D eigenvalue weighted by Crippen LogP contribution is -2.24. The molecule has 28 heavy (non-hydrogen) atoms. The SMILES string of the molecule is O=C(CSc1nnc(-c2cccs2)n1-c1ccccc1)NCc1ccncc1. The molecule has 6 nitrogen and oxygen atoms in total. The van der Waals surface area contributed by atoms with Gasteiger partial charge < -0.3 is 5.32 Å². The van der Waals surface area contributed by atoms with E-state index in [1.54, 1.807) is 23.7 Å². The van der Waals surface area contributed by atoms with Crippen LogP contribution in [0.4, 0.5) is 0 Å². The number of nitrogens with one attached hydrogen (secondary N) is 1. The molecule has 0 spiro atoms. The van der Waals surface area contributed by atoms with Crippen LogP contribution in [0.2, 0.25) is 0 Å². The first kappa shape index (κ1) is 18.4. The number of carbonyl (C=O) groups is 1. The number of nitrogens with zero attached hydrogens (tertiary/aromatic N) is 4. The molecule has 1 aromatic carbocycles. The molecule has 0 aliphatic carbocycles. The summed E-state index contributed by atoms with van der Waals surface area (Å²) in [6.45, 7) is 0.480. The molecule has 1 amide bonds. The number of thioether (sulfide) groups is 1. The maximum atomic E-state index is 12.3. The van der Waals surface area contributed by atoms with E-state index < -0.39 is 0 Å². The van der Waals surface area contributed by atoms with Crippen LogP contribution in [-0.2, 0) is 11.3 Å². The van der Waals surface area contributed by atoms with Crippen LogP contribution in [0.3, 0.4) is 0 Å². The highest BCUT2D eigenvalue weighted by Crippen LogP contribution is 2.30. The number of carbonyl (C=O) groups excluding carboxylic acids is 1. The molecule has 0 unspecified atom stereocenters. The topological polar surface area (TPSA) is 72.7 Å². The summed E-state index contributed by atoms with van der Waals surface area (Å²) in [5.74, 6) is 0.989. The highest BCUT2D eigenvalue weighted by atomic mass is 32.2. The molecule has 4 rings (SSSR count). The predicted molar refractivity (Wildman–Crippen MR) is 111 cm³/mol. The number of amides is 1. The van der Waals surface area contributed by atoms with E-state index in [1.807, 2.05) is 64.5 Å². The fraction of sp³-hybridized carbons (Fsp3) is 0.100. The number of pyridine rings is 1. The molecular weight excluding hydrogens is 390 g/mol. The van der Waals surface area contributed by atoms with Crippen LogP contribution in [0, 0.1) is 0 Å². The van der Waals surface area contributed by atoms with Crippen molar-refractivity contribution in [3.05, 3.63) is 77.9 Å². The molecule has 0 aliphatic rings. The van der Waals surface area contributed by atoms with Crippen molar-refractivity contribution in [3.8, 4) is 16.4 Å². The molecule has 0 bridgehead atoms. The van der Waals surface area contributed by atoms with E-state index in [0.717, 1.165) is 22.0 Å². The fourth-order valence-corrected chi connectivity index (χ4v) is 4.10. The highest BCUT2D eigenvalue weighted by Gasteiger charge is 2.17. The summed E-state index contributed by atoms with van der Waals surface area (Å²) in [5, 5.41) is 14.3. The Kier molecular flexibility index (Phi) is 5.79. The maximum Gasteiger partial charge on any atom is 0.230 e. The van der Waals surface area contributed by atoms with Gasteiger partial charge in [-0.3, -0.25) is 14.3 Å². The van der Waals surface area contributed by atoms with Gasteiger partial charge in [-0.25, -0.2) is 0 Å². The van der Waals surface area contributed by atoms with Crippen LogP contribution < -0.4 is 5.32 Å². The van der Waals surface area contributed by atoms with Crippen molar-refractivity contribution in [1.29, 1.82) is 0 Å². The molecule has 0 saturated carbocycles. The highest BCUT2D eigenvalue weighted by molar-refractivity contribution is 7.99. The van der Waals surface area contributed by atoms with Crippen molar-refractivity contribution in [1.82, 2.24) is 25.1 Å². The number of thiophene rings is 1. The zero-order valence-electron chi connectivity index (χ0n) is 14.9. The summed E-state index contributed by atoms with van der Waals surface area (Å²) in [7, 11) is 0. The molecule has 140 valence electrons. The van der Waals surface area contributed by atoms with Gasteiger partial charge in [0.05, 0.1) is 10.6 Å². The zero-order valence-corrected chi connectivity index (χ0v) is 16.5. The normalized spacial score (nSPS) is 10.7. The Morgan fingerprint density at radius 1 is 1.04 bits per heavy atom. The minimum Gasteiger partial charge on any atom is -0.351 e. The molecule has 3 aromatic heterocycles. The quantitative estimate of drug-likeness (QED) is 0.472. The summed E-state index contributed by atoms with van der Waals surface area (Å²) in [6, 6.07) is 17.7. The smallest absolute Gasteiger partial charge is 0.230 e. The average Bonchev–Trinajstić information content (AvgIpc) is 3.41. The monoisotopic (exact) mass is 407 g/mol. The standard InChI is InChI=1S/C20H17N5OS2/c26-18(22-13-15-8-10-21-11-9-15)14-28-20-24-23-19(17-7-4-12-27-17)25(20)16-5-2-1-3-6-16/h1-12H,13-14H2,(H,22,26). The number of para-hydroxylation sites is 1. The number of rotatable bonds is 7. The van der Waals surface area contributed by atoms with Crippen LogP contribution >= 0.6 is 23.1 Å². The van der Waals surface area contributed by atoms with Crippen molar-refractivity contribution in [3.63, 3.8) is 0 Å². The molecule has 0 saturated heterocycles. The Morgan fingerprint density at radius 3 is 2.61 bits per heavy atom. The van der Waals surface area contributed by atoms with Crippen LogP contribution in [0.15, 0.2) is 77.5 Å². The number of hydrogen-bond acceptors (Lipinski definition) is 6. The second kappa shape index (κ2) is 8.81. The van der Waals surface area contributed by atoms with Gasteiger partial charge in [0, 0.05) is 24.6 Å². The molecule has 8 heteroatoms. The Morgan fingerprint density at radius 2 is 1.86 bits per heavy atom. The molecule has 4 aromatic rings. The van der Waals surface area contributed by atoms with Crippen LogP contribution in [0.1, 0.15) is 5.56 Å². The van der Waals surface area contributed by atoms with Gasteiger partial charge in [-0.1, -0.05) is 36.0 Å². The molecule has 0 fully saturated rings. The third-order valence-electron chi connectivity index (χ3n) is 3.96. The van der Waals surface area contributed by atoms with Gasteiger partial charge in [-0.2, -0.15) is 0 Å². The first-order chi connectivity index (χ1) is 13.8. The van der Waals surface area contributed by atoms with Gasteiger partial charge in [0.1, 0.15) is 0 Å². The second-order valence-corrected chi connectivity index (χ2v) is 7.77. The third kappa shape index (κ3) is 4.29. The summed E-state index contributed by atoms with van der Waals surface area (Å²) < 4.78 is 1.99. The zero-order chi connectivity index (χ0) is 19.2. The van der Waals surface area contributed by atoms with E-state index in [2.05, 4.69) is 20.5 Å². The molecule has 0 aliphatic heterocycles. The molecular formula is C20H17N5OS2. The molecule has 3 heterocycles. The van der Waals surface area contributed by atoms with Gasteiger partial charge in [-0.05, 0) is 41.3 Å². The average molecular weight is 408 g/mol. The lowest BCUT2D eigenvalue weighted by atomic mass is 10.3. The van der Waals surface area contributed by atoms with Gasteiger partial charge in [0.2, 0.25) is 5.91 Å². The van der Waals surface area contributed by atoms with Crippen LogP contribution in [0.5, 0.6) is 0 Å². The van der Waals surface area contributed by atoms with Crippen molar-refractivity contribution in [2.24, 2.45) is 0 Å². The van der Waals surface area contributed by atoms with Gasteiger partial charge in [-0.15, -0.1) is 21.5 Å². The van der Waals surface area contributed by atoms with Crippen molar-refractivity contribution >= 4 is 29.0 Å². The number of aromatic nitrogens is 4. The second-order valence-electron chi connectivity index (χ2n) is 5.88. The third-order valence-corrected chi connectivity index (χ3v) is 5.76. The lowest BCUT2D eigenvalue weighted by molar-refractivity contribution is -0.118. The fourth-order valence-electron chi connectivity index (χ4n) is 2.62. The number of hydrogen-bond donors (Lipinski definition) is 1. The van der Waals surface area contributed by atoms with E-state index in [-0.39, 0.29) is 11.7 Å². The van der Waals surface area contributed by atoms with E-state index in [4.69, 9.17) is 0 Å². The van der Waals surface area contributed by atoms with Gasteiger partial charge in [0.15, 0.2) is 11.0 Å². The summed E-state index contributed by atoms with van der Waals surface area (Å²) in [6.07, 6.45) is 3.43. The molecule has 1 N–H and O–H groups in total. The lowest BCUT2D eigenvalue weighted by Gasteiger charge is -2.09. The Balaban J connectivity index is 1.49. The van der Waals surface area contributed by atoms with E-state index in [9.17, 15) is 4.79 Å². The predicted octanol–water partition coefficient (Wildman–Crippen LogP) is 3.80. The molecule has 0 radical (unpaired) electrons. The van der Waals surface area contributed by atoms with Crippen molar-refractivity contribution in [2.75, 3.05) is 5.75 Å². The van der Waals surface area contributed by atoms with E-state index in [1.165, 1.54) is 11.8 Å². The van der Waals surface area contributed by atoms with Gasteiger partial charge >= 0.3 is 0 Å². The minimum atomic E-state index is -0.0536. The minimum absolute atomic E-state index is 0.0536. The van der Waals surface area contributed by atoms with Crippen molar-refractivity contribution in [2.45, 2.75) is 11.7 Å². The summed E-state index contributed by atoms with van der Waals surface area (Å²) in [5.41, 5.74) is 1.98. The number of benzene rings is 1. The first-order valence-electron chi connectivity index (χ1n) is 8.64. The van der Waals surface area contributed by atoms with Crippen LogP contribution in [-0.4, -0.2) is 31.4 Å². The van der Waals surface area contributed by atoms with Crippen LogP contribution in [0.25, 0.3) is 16.4 Å². The summed E-state index contributed by atoms with van der Waals surface area (Å²) in [4.78, 5) is 17.3. The first-order valence-corrected chi connectivity index (χ1v) is 10.5.